The molecule has 2 N–H and O–H groups in total. The second kappa shape index (κ2) is 7.05. The van der Waals surface area contributed by atoms with Crippen molar-refractivity contribution in [1.29, 1.82) is 0 Å². The number of rotatable bonds is 2. The number of nitrogens with one attached hydrogen (secondary N) is 2. The fourth-order valence-electron chi connectivity index (χ4n) is 4.84. The Morgan fingerprint density at radius 1 is 1.19 bits per heavy atom. The predicted molar refractivity (Wildman–Crippen MR) is 119 cm³/mol. The Balaban J connectivity index is 1.45. The van der Waals surface area contributed by atoms with Crippen molar-refractivity contribution in [2.24, 2.45) is 0 Å². The van der Waals surface area contributed by atoms with Crippen LogP contribution in [0.1, 0.15) is 27.2 Å². The van der Waals surface area contributed by atoms with E-state index in [1.807, 2.05) is 18.3 Å². The second-order valence-corrected chi connectivity index (χ2v) is 8.16. The number of hydrogen-bond donors (Lipinski definition) is 2. The zero-order valence-corrected chi connectivity index (χ0v) is 17.4. The molecule has 0 saturated heterocycles. The third-order valence-corrected chi connectivity index (χ3v) is 6.38. The average molecular weight is 427 g/mol. The van der Waals surface area contributed by atoms with Gasteiger partial charge in [-0.25, -0.2) is 4.98 Å². The first-order chi connectivity index (χ1) is 15.6. The number of carbonyl (C=O) groups excluding carboxylic acids is 2. The van der Waals surface area contributed by atoms with E-state index in [2.05, 4.69) is 26.8 Å². The van der Waals surface area contributed by atoms with Gasteiger partial charge in [-0.2, -0.15) is 0 Å². The van der Waals surface area contributed by atoms with Crippen LogP contribution in [-0.4, -0.2) is 46.5 Å². The third-order valence-electron chi connectivity index (χ3n) is 6.38. The molecule has 0 bridgehead atoms. The standard InChI is InChI=1S/C24H21N5O3/c1-2-20(30)29-7-8-32-24-19(29)9-14(12-27-24)18-10-16-13(11-26-18)3-4-15-21-17(28-22(15)16)5-6-25-23(21)31/h2,9-12,28H,1,3-8H2,(H,25,31). The summed E-state index contributed by atoms with van der Waals surface area (Å²) in [6.07, 6.45) is 7.37. The molecule has 5 heterocycles. The molecule has 32 heavy (non-hydrogen) atoms. The lowest BCUT2D eigenvalue weighted by molar-refractivity contribution is -0.114. The van der Waals surface area contributed by atoms with Gasteiger partial charge in [-0.1, -0.05) is 6.58 Å². The molecule has 0 radical (unpaired) electrons. The quantitative estimate of drug-likeness (QED) is 0.612. The molecule has 3 aromatic rings. The Morgan fingerprint density at radius 2 is 2.09 bits per heavy atom. The Kier molecular flexibility index (Phi) is 4.14. The number of aromatic nitrogens is 3. The molecule has 0 aromatic carbocycles. The van der Waals surface area contributed by atoms with Crippen LogP contribution < -0.4 is 15.0 Å². The van der Waals surface area contributed by atoms with Gasteiger partial charge in [-0.05, 0) is 42.2 Å². The Morgan fingerprint density at radius 3 is 2.97 bits per heavy atom. The maximum atomic E-state index is 12.5. The molecule has 160 valence electrons. The van der Waals surface area contributed by atoms with E-state index in [0.29, 0.717) is 31.3 Å². The van der Waals surface area contributed by atoms with Gasteiger partial charge in [0.25, 0.3) is 11.8 Å². The molecular weight excluding hydrogens is 406 g/mol. The smallest absolute Gasteiger partial charge is 0.253 e. The van der Waals surface area contributed by atoms with Crippen molar-refractivity contribution in [3.05, 3.63) is 59.6 Å². The van der Waals surface area contributed by atoms with Gasteiger partial charge in [0, 0.05) is 42.2 Å². The van der Waals surface area contributed by atoms with Crippen LogP contribution in [0, 0.1) is 0 Å². The fraction of sp³-hybridized carbons (Fsp3) is 0.250. The number of hydrogen-bond acceptors (Lipinski definition) is 5. The van der Waals surface area contributed by atoms with E-state index in [9.17, 15) is 9.59 Å². The van der Waals surface area contributed by atoms with Gasteiger partial charge in [0.1, 0.15) is 12.3 Å². The first-order valence-electron chi connectivity index (χ1n) is 10.7. The minimum Gasteiger partial charge on any atom is -0.474 e. The first-order valence-corrected chi connectivity index (χ1v) is 10.7. The molecular formula is C24H21N5O3. The number of nitrogens with zero attached hydrogens (tertiary/aromatic N) is 3. The molecule has 0 atom stereocenters. The van der Waals surface area contributed by atoms with Crippen molar-refractivity contribution >= 4 is 17.5 Å². The van der Waals surface area contributed by atoms with E-state index in [0.717, 1.165) is 64.2 Å². The highest BCUT2D eigenvalue weighted by Crippen LogP contribution is 2.39. The van der Waals surface area contributed by atoms with Crippen molar-refractivity contribution in [1.82, 2.24) is 20.3 Å². The molecule has 0 spiro atoms. The highest BCUT2D eigenvalue weighted by Gasteiger charge is 2.30. The highest BCUT2D eigenvalue weighted by atomic mass is 16.5. The lowest BCUT2D eigenvalue weighted by atomic mass is 9.88. The zero-order chi connectivity index (χ0) is 21.8. The van der Waals surface area contributed by atoms with Crippen LogP contribution in [0.3, 0.4) is 0 Å². The van der Waals surface area contributed by atoms with E-state index in [1.165, 1.54) is 6.08 Å². The Bertz CT molecular complexity index is 1310. The highest BCUT2D eigenvalue weighted by molar-refractivity contribution is 6.03. The van der Waals surface area contributed by atoms with Crippen LogP contribution in [0.15, 0.2) is 37.2 Å². The maximum Gasteiger partial charge on any atom is 0.253 e. The van der Waals surface area contributed by atoms with Gasteiger partial charge >= 0.3 is 0 Å². The number of fused-ring (bicyclic) bond motifs is 6. The summed E-state index contributed by atoms with van der Waals surface area (Å²) in [6.45, 7) is 5.09. The van der Waals surface area contributed by atoms with Crippen molar-refractivity contribution in [3.8, 4) is 28.4 Å². The van der Waals surface area contributed by atoms with Gasteiger partial charge in [0.15, 0.2) is 0 Å². The number of aryl methyl sites for hydroxylation is 1. The summed E-state index contributed by atoms with van der Waals surface area (Å²) in [7, 11) is 0. The Labute approximate surface area is 184 Å². The summed E-state index contributed by atoms with van der Waals surface area (Å²) >= 11 is 0. The number of ether oxygens (including phenoxy) is 1. The van der Waals surface area contributed by atoms with Crippen LogP contribution >= 0.6 is 0 Å². The van der Waals surface area contributed by atoms with Crippen LogP contribution in [0.5, 0.6) is 5.88 Å². The predicted octanol–water partition coefficient (Wildman–Crippen LogP) is 2.43. The Hall–Kier alpha value is -3.94. The molecule has 0 unspecified atom stereocenters. The van der Waals surface area contributed by atoms with Crippen LogP contribution in [-0.2, 0) is 24.1 Å². The van der Waals surface area contributed by atoms with Crippen LogP contribution in [0.4, 0.5) is 5.69 Å². The molecule has 3 aliphatic rings. The van der Waals surface area contributed by atoms with Crippen molar-refractivity contribution in [2.75, 3.05) is 24.6 Å². The molecule has 1 aliphatic carbocycles. The van der Waals surface area contributed by atoms with E-state index in [1.54, 1.807) is 11.1 Å². The van der Waals surface area contributed by atoms with Gasteiger partial charge in [0.2, 0.25) is 5.88 Å². The van der Waals surface area contributed by atoms with Gasteiger partial charge in [-0.3, -0.25) is 14.6 Å². The zero-order valence-electron chi connectivity index (χ0n) is 17.4. The van der Waals surface area contributed by atoms with Crippen molar-refractivity contribution in [3.63, 3.8) is 0 Å². The lowest BCUT2D eigenvalue weighted by Crippen LogP contribution is -2.37. The summed E-state index contributed by atoms with van der Waals surface area (Å²) in [5.41, 5.74) is 8.28. The molecule has 2 aliphatic heterocycles. The second-order valence-electron chi connectivity index (χ2n) is 8.16. The normalized spacial score (nSPS) is 16.1. The number of pyridine rings is 2. The van der Waals surface area contributed by atoms with E-state index in [-0.39, 0.29) is 11.8 Å². The minimum absolute atomic E-state index is 0.00680. The van der Waals surface area contributed by atoms with Crippen LogP contribution in [0.25, 0.3) is 22.5 Å². The SMILES string of the molecule is C=CC(=O)N1CCOc2ncc(-c3cc4c(cn3)CCc3c-4[nH]c4c3C(=O)NCC4)cc21. The molecule has 6 rings (SSSR count). The molecule has 3 aromatic heterocycles. The molecule has 0 fully saturated rings. The fourth-order valence-corrected chi connectivity index (χ4v) is 4.84. The summed E-state index contributed by atoms with van der Waals surface area (Å²) in [4.78, 5) is 39.0. The third kappa shape index (κ3) is 2.76. The number of anilines is 1. The first kappa shape index (κ1) is 18.8. The molecule has 8 heteroatoms. The molecule has 0 saturated carbocycles. The molecule has 8 nitrogen and oxygen atoms in total. The van der Waals surface area contributed by atoms with E-state index < -0.39 is 0 Å². The van der Waals surface area contributed by atoms with Gasteiger partial charge in [-0.15, -0.1) is 0 Å². The number of amides is 2. The topological polar surface area (TPSA) is 100 Å². The average Bonchev–Trinajstić information content (AvgIpc) is 3.23. The number of H-pyrrole nitrogens is 1. The number of aromatic amines is 1. The largest absolute Gasteiger partial charge is 0.474 e. The van der Waals surface area contributed by atoms with E-state index in [4.69, 9.17) is 4.74 Å². The van der Waals surface area contributed by atoms with E-state index >= 15 is 0 Å². The summed E-state index contributed by atoms with van der Waals surface area (Å²) in [5, 5.41) is 2.95. The summed E-state index contributed by atoms with van der Waals surface area (Å²) in [5.74, 6) is 0.248. The summed E-state index contributed by atoms with van der Waals surface area (Å²) < 4.78 is 5.63. The molecule has 2 amide bonds. The minimum atomic E-state index is -0.188. The van der Waals surface area contributed by atoms with Gasteiger partial charge < -0.3 is 19.9 Å². The summed E-state index contributed by atoms with van der Waals surface area (Å²) in [6, 6.07) is 3.93. The van der Waals surface area contributed by atoms with Crippen molar-refractivity contribution < 1.29 is 14.3 Å². The van der Waals surface area contributed by atoms with Crippen LogP contribution in [0.2, 0.25) is 0 Å². The van der Waals surface area contributed by atoms with Gasteiger partial charge in [0.05, 0.1) is 23.5 Å². The monoisotopic (exact) mass is 427 g/mol. The number of carbonyl (C=O) groups is 2. The maximum absolute atomic E-state index is 12.5. The lowest BCUT2D eigenvalue weighted by Gasteiger charge is -2.28. The van der Waals surface area contributed by atoms with Crippen molar-refractivity contribution in [2.45, 2.75) is 19.3 Å².